The smallest absolute Gasteiger partial charge is 0.175 e. The minimum absolute atomic E-state index is 0.226. The van der Waals surface area contributed by atoms with E-state index < -0.39 is 9.84 Å². The van der Waals surface area contributed by atoms with E-state index in [-0.39, 0.29) is 4.90 Å². The predicted molar refractivity (Wildman–Crippen MR) is 91.0 cm³/mol. The van der Waals surface area contributed by atoms with E-state index in [4.69, 9.17) is 23.2 Å². The van der Waals surface area contributed by atoms with E-state index in [1.807, 2.05) is 6.07 Å². The molecule has 0 atom stereocenters. The summed E-state index contributed by atoms with van der Waals surface area (Å²) in [5.41, 5.74) is 1.56. The summed E-state index contributed by atoms with van der Waals surface area (Å²) >= 11 is 15.4. The Labute approximate surface area is 142 Å². The van der Waals surface area contributed by atoms with Gasteiger partial charge in [-0.1, -0.05) is 45.2 Å². The third kappa shape index (κ3) is 4.36. The van der Waals surface area contributed by atoms with Crippen LogP contribution in [-0.2, 0) is 16.4 Å². The fraction of sp³-hybridized carbons (Fsp3) is 0.143. The van der Waals surface area contributed by atoms with Crippen molar-refractivity contribution in [3.8, 4) is 0 Å². The molecule has 0 saturated heterocycles. The van der Waals surface area contributed by atoms with Crippen molar-refractivity contribution in [2.24, 2.45) is 0 Å². The van der Waals surface area contributed by atoms with E-state index in [0.29, 0.717) is 22.3 Å². The normalized spacial score (nSPS) is 11.4. The van der Waals surface area contributed by atoms with Crippen LogP contribution in [0.1, 0.15) is 5.56 Å². The van der Waals surface area contributed by atoms with Crippen LogP contribution in [0, 0.1) is 0 Å². The second-order valence-electron chi connectivity index (χ2n) is 4.50. The summed E-state index contributed by atoms with van der Waals surface area (Å²) in [4.78, 5) is 0.226. The number of rotatable bonds is 4. The Morgan fingerprint density at radius 2 is 1.86 bits per heavy atom. The molecule has 0 fully saturated rings. The van der Waals surface area contributed by atoms with Gasteiger partial charge in [0.15, 0.2) is 9.84 Å². The largest absolute Gasteiger partial charge is 0.380 e. The molecule has 0 amide bonds. The van der Waals surface area contributed by atoms with Crippen molar-refractivity contribution >= 4 is 54.7 Å². The van der Waals surface area contributed by atoms with E-state index >= 15 is 0 Å². The van der Waals surface area contributed by atoms with Crippen LogP contribution in [0.5, 0.6) is 0 Å². The molecule has 0 bridgehead atoms. The summed E-state index contributed by atoms with van der Waals surface area (Å²) in [6.45, 7) is 0.491. The molecule has 7 heteroatoms. The maximum atomic E-state index is 11.6. The summed E-state index contributed by atoms with van der Waals surface area (Å²) in [6, 6.07) is 10.1. The molecule has 112 valence electrons. The molecule has 0 aliphatic carbocycles. The van der Waals surface area contributed by atoms with E-state index in [2.05, 4.69) is 21.2 Å². The van der Waals surface area contributed by atoms with Gasteiger partial charge in [0, 0.05) is 22.3 Å². The van der Waals surface area contributed by atoms with Crippen molar-refractivity contribution in [1.82, 2.24) is 0 Å². The zero-order chi connectivity index (χ0) is 15.6. The lowest BCUT2D eigenvalue weighted by Crippen LogP contribution is -2.03. The van der Waals surface area contributed by atoms with Gasteiger partial charge in [0.25, 0.3) is 0 Å². The number of anilines is 1. The summed E-state index contributed by atoms with van der Waals surface area (Å²) in [6.07, 6.45) is 1.16. The molecule has 0 aliphatic rings. The standard InChI is InChI=1S/C14H12BrCl2NO2S/c1-21(19,20)11-4-5-13(17)14(7-11)18-8-9-2-3-10(16)6-12(9)15/h2-7,18H,8H2,1H3. The van der Waals surface area contributed by atoms with Crippen molar-refractivity contribution in [2.45, 2.75) is 11.4 Å². The number of nitrogens with one attached hydrogen (secondary N) is 1. The molecule has 21 heavy (non-hydrogen) atoms. The van der Waals surface area contributed by atoms with Gasteiger partial charge in [-0.05, 0) is 35.9 Å². The average molecular weight is 409 g/mol. The Bertz CT molecular complexity index is 779. The molecule has 0 aliphatic heterocycles. The number of benzene rings is 2. The first-order chi connectivity index (χ1) is 9.77. The quantitative estimate of drug-likeness (QED) is 0.792. The zero-order valence-corrected chi connectivity index (χ0v) is 14.9. The van der Waals surface area contributed by atoms with Crippen molar-refractivity contribution in [3.05, 3.63) is 56.5 Å². The first kappa shape index (κ1) is 16.6. The number of hydrogen-bond donors (Lipinski definition) is 1. The minimum Gasteiger partial charge on any atom is -0.380 e. The molecule has 0 unspecified atom stereocenters. The van der Waals surface area contributed by atoms with Crippen LogP contribution in [0.3, 0.4) is 0 Å². The second kappa shape index (κ2) is 6.57. The maximum Gasteiger partial charge on any atom is 0.175 e. The van der Waals surface area contributed by atoms with E-state index in [1.165, 1.54) is 12.1 Å². The molecule has 0 saturated carbocycles. The molecule has 2 aromatic carbocycles. The van der Waals surface area contributed by atoms with Gasteiger partial charge in [-0.2, -0.15) is 0 Å². The van der Waals surface area contributed by atoms with Gasteiger partial charge in [0.1, 0.15) is 0 Å². The maximum absolute atomic E-state index is 11.6. The lowest BCUT2D eigenvalue weighted by molar-refractivity contribution is 0.602. The molecular formula is C14H12BrCl2NO2S. The monoisotopic (exact) mass is 407 g/mol. The van der Waals surface area contributed by atoms with Gasteiger partial charge in [-0.15, -0.1) is 0 Å². The highest BCUT2D eigenvalue weighted by Gasteiger charge is 2.10. The Balaban J connectivity index is 2.23. The highest BCUT2D eigenvalue weighted by molar-refractivity contribution is 9.10. The Morgan fingerprint density at radius 1 is 1.14 bits per heavy atom. The van der Waals surface area contributed by atoms with Gasteiger partial charge in [0.2, 0.25) is 0 Å². The Kier molecular flexibility index (Phi) is 5.20. The van der Waals surface area contributed by atoms with Crippen LogP contribution in [-0.4, -0.2) is 14.7 Å². The zero-order valence-electron chi connectivity index (χ0n) is 11.0. The minimum atomic E-state index is -3.26. The van der Waals surface area contributed by atoms with Crippen LogP contribution >= 0.6 is 39.1 Å². The molecule has 0 spiro atoms. The Morgan fingerprint density at radius 3 is 2.48 bits per heavy atom. The van der Waals surface area contributed by atoms with Crippen molar-refractivity contribution < 1.29 is 8.42 Å². The van der Waals surface area contributed by atoms with Gasteiger partial charge < -0.3 is 5.32 Å². The van der Waals surface area contributed by atoms with Crippen molar-refractivity contribution in [1.29, 1.82) is 0 Å². The third-order valence-electron chi connectivity index (χ3n) is 2.85. The first-order valence-electron chi connectivity index (χ1n) is 5.95. The van der Waals surface area contributed by atoms with Crippen LogP contribution in [0.2, 0.25) is 10.0 Å². The second-order valence-corrected chi connectivity index (χ2v) is 8.22. The van der Waals surface area contributed by atoms with Gasteiger partial charge in [0.05, 0.1) is 15.6 Å². The summed E-state index contributed by atoms with van der Waals surface area (Å²) in [5, 5.41) is 4.24. The van der Waals surface area contributed by atoms with Gasteiger partial charge >= 0.3 is 0 Å². The van der Waals surface area contributed by atoms with Gasteiger partial charge in [-0.3, -0.25) is 0 Å². The van der Waals surface area contributed by atoms with E-state index in [0.717, 1.165) is 16.3 Å². The van der Waals surface area contributed by atoms with E-state index in [1.54, 1.807) is 18.2 Å². The van der Waals surface area contributed by atoms with Crippen LogP contribution in [0.15, 0.2) is 45.8 Å². The number of halogens is 3. The topological polar surface area (TPSA) is 46.2 Å². The Hall–Kier alpha value is -0.750. The molecule has 0 radical (unpaired) electrons. The molecule has 3 nitrogen and oxygen atoms in total. The fourth-order valence-electron chi connectivity index (χ4n) is 1.73. The predicted octanol–water partition coefficient (Wildman–Crippen LogP) is 4.77. The average Bonchev–Trinajstić information content (AvgIpc) is 2.38. The first-order valence-corrected chi connectivity index (χ1v) is 9.39. The molecule has 2 rings (SSSR count). The van der Waals surface area contributed by atoms with Crippen LogP contribution in [0.25, 0.3) is 0 Å². The summed E-state index contributed by atoms with van der Waals surface area (Å²) in [7, 11) is -3.26. The van der Waals surface area contributed by atoms with E-state index in [9.17, 15) is 8.42 Å². The molecule has 1 N–H and O–H groups in total. The lowest BCUT2D eigenvalue weighted by Gasteiger charge is -2.11. The van der Waals surface area contributed by atoms with Crippen LogP contribution in [0.4, 0.5) is 5.69 Å². The molecular weight excluding hydrogens is 397 g/mol. The summed E-state index contributed by atoms with van der Waals surface area (Å²) in [5.74, 6) is 0. The fourth-order valence-corrected chi connectivity index (χ4v) is 3.38. The highest BCUT2D eigenvalue weighted by atomic mass is 79.9. The molecule has 2 aromatic rings. The highest BCUT2D eigenvalue weighted by Crippen LogP contribution is 2.27. The van der Waals surface area contributed by atoms with Crippen molar-refractivity contribution in [2.75, 3.05) is 11.6 Å². The molecule has 0 aromatic heterocycles. The third-order valence-corrected chi connectivity index (χ3v) is 5.26. The number of hydrogen-bond acceptors (Lipinski definition) is 3. The number of sulfone groups is 1. The van der Waals surface area contributed by atoms with Crippen LogP contribution < -0.4 is 5.32 Å². The summed E-state index contributed by atoms with van der Waals surface area (Å²) < 4.78 is 24.0. The SMILES string of the molecule is CS(=O)(=O)c1ccc(Cl)c(NCc2ccc(Cl)cc2Br)c1. The lowest BCUT2D eigenvalue weighted by atomic mass is 10.2. The molecule has 0 heterocycles. The van der Waals surface area contributed by atoms with Gasteiger partial charge in [-0.25, -0.2) is 8.42 Å². The van der Waals surface area contributed by atoms with Crippen molar-refractivity contribution in [3.63, 3.8) is 0 Å².